The number of fused-ring (bicyclic) bond motifs is 5. The third kappa shape index (κ3) is 26.7. The second-order valence-electron chi connectivity index (χ2n) is 32.3. The number of aliphatic hydroxyl groups excluding tert-OH is 9. The Kier molecular flexibility index (Phi) is 36.4. The van der Waals surface area contributed by atoms with Gasteiger partial charge in [0.15, 0.2) is 130 Å². The van der Waals surface area contributed by atoms with E-state index < -0.39 is 107 Å². The maximum absolute atomic E-state index is 13.0. The monoisotopic (exact) mass is 2160 g/mol. The zero-order valence-corrected chi connectivity index (χ0v) is 81.7. The quantitative estimate of drug-likeness (QED) is 0.0320. The topological polar surface area (TPSA) is 908 Å². The van der Waals surface area contributed by atoms with Crippen molar-refractivity contribution in [1.29, 1.82) is 0 Å². The number of H-pyrrole nitrogens is 1. The fourth-order valence-corrected chi connectivity index (χ4v) is 17.7. The molecular formula is C80H102ClFN38O26S3. The number of halogens is 2. The third-order valence-corrected chi connectivity index (χ3v) is 25.1. The molecule has 8 saturated heterocycles. The number of rotatable bonds is 16. The van der Waals surface area contributed by atoms with Crippen molar-refractivity contribution >= 4 is 161 Å². The van der Waals surface area contributed by atoms with Crippen LogP contribution in [-0.4, -0.2) is 333 Å². The van der Waals surface area contributed by atoms with Crippen LogP contribution >= 0.6 is 46.9 Å². The van der Waals surface area contributed by atoms with Crippen LogP contribution in [0.3, 0.4) is 0 Å². The number of imidazole rings is 5. The van der Waals surface area contributed by atoms with Crippen molar-refractivity contribution in [1.82, 2.24) is 136 Å². The van der Waals surface area contributed by atoms with Crippen molar-refractivity contribution in [3.63, 3.8) is 0 Å². The van der Waals surface area contributed by atoms with E-state index in [0.29, 0.717) is 82.5 Å². The summed E-state index contributed by atoms with van der Waals surface area (Å²) in [6.07, 6.45) is 14.2. The molecule has 1 aliphatic carbocycles. The number of thioether (sulfide) groups is 3. The van der Waals surface area contributed by atoms with E-state index in [-0.39, 0.29) is 153 Å². The number of hydrogen-bond donors (Lipinski definition) is 19. The Labute approximate surface area is 852 Å². The van der Waals surface area contributed by atoms with Gasteiger partial charge in [-0.2, -0.15) is 49.8 Å². The van der Waals surface area contributed by atoms with Gasteiger partial charge < -0.3 is 164 Å². The fourth-order valence-electron chi connectivity index (χ4n) is 15.0. The first-order valence-electron chi connectivity index (χ1n) is 44.5. The Morgan fingerprint density at radius 2 is 0.879 bits per heavy atom. The zero-order valence-electron chi connectivity index (χ0n) is 78.5. The van der Waals surface area contributed by atoms with Crippen molar-refractivity contribution < 1.29 is 107 Å². The molecule has 64 nitrogen and oxygen atoms in total. The highest BCUT2D eigenvalue weighted by atomic mass is 35.5. The van der Waals surface area contributed by atoms with Gasteiger partial charge in [0, 0.05) is 56.4 Å². The molecule has 0 saturated carbocycles. The highest BCUT2D eigenvalue weighted by Gasteiger charge is 2.37. The number of nitrogens with one attached hydrogen (secondary N) is 1. The molecule has 0 aromatic carbocycles. The van der Waals surface area contributed by atoms with Gasteiger partial charge in [-0.3, -0.25) is 46.3 Å². The first-order valence-corrected chi connectivity index (χ1v) is 48.1. The van der Waals surface area contributed by atoms with Gasteiger partial charge in [0.25, 0.3) is 5.56 Å². The molecule has 9 aliphatic rings. The van der Waals surface area contributed by atoms with Crippen molar-refractivity contribution in [2.75, 3.05) is 154 Å². The summed E-state index contributed by atoms with van der Waals surface area (Å²) in [4.78, 5) is 133. The number of nitrogens with zero attached hydrogens (tertiary/aromatic N) is 28. The molecule has 28 N–H and O–H groups in total. The van der Waals surface area contributed by atoms with Crippen LogP contribution in [0.25, 0.3) is 55.8 Å². The van der Waals surface area contributed by atoms with E-state index in [9.17, 15) is 33.5 Å². The summed E-state index contributed by atoms with van der Waals surface area (Å²) in [7, 11) is 3.89. The summed E-state index contributed by atoms with van der Waals surface area (Å²) in [5.41, 5.74) is 49.6. The minimum Gasteiger partial charge on any atom is -0.394 e. The highest BCUT2D eigenvalue weighted by Crippen LogP contribution is 2.37. The zero-order chi connectivity index (χ0) is 106. The van der Waals surface area contributed by atoms with E-state index in [1.165, 1.54) is 68.5 Å². The van der Waals surface area contributed by atoms with Gasteiger partial charge in [0.2, 0.25) is 35.0 Å². The number of ether oxygens (including phenoxy) is 12. The van der Waals surface area contributed by atoms with Gasteiger partial charge in [0.1, 0.15) is 57.7 Å². The molecule has 8 fully saturated rings. The Bertz CT molecular complexity index is 7140. The largest absolute Gasteiger partial charge is 0.394 e. The van der Waals surface area contributed by atoms with E-state index in [1.807, 2.05) is 42.6 Å². The lowest BCUT2D eigenvalue weighted by Gasteiger charge is -2.14. The molecule has 22 heterocycles. The van der Waals surface area contributed by atoms with Gasteiger partial charge in [-0.05, 0) is 38.0 Å². The van der Waals surface area contributed by atoms with Gasteiger partial charge in [-0.25, -0.2) is 63.4 Å². The van der Waals surface area contributed by atoms with E-state index in [4.69, 9.17) is 161 Å². The smallest absolute Gasteiger partial charge is 0.351 e. The molecule has 800 valence electrons. The highest BCUT2D eigenvalue weighted by molar-refractivity contribution is 8.00. The molecular weight excluding hydrogens is 2060 g/mol. The van der Waals surface area contributed by atoms with Crippen LogP contribution in [0.15, 0.2) is 117 Å². The maximum Gasteiger partial charge on any atom is 0.351 e. The lowest BCUT2D eigenvalue weighted by molar-refractivity contribution is -0.0981. The minimum atomic E-state index is -0.998. The number of aryl methyl sites for hydroxylation is 1. The standard InChI is InChI=1S/C13H17N5O.C9H10ClN5O3.C9H12N6O3.C9H11N5O4.C9H11N5O3.C9H13N3O3.C8H11N3O3S.C7H8FN3O3S.C7H9N3O3S/c1-8-15-12(17(2)3)11-13(16-8)18(7-14-11)9-4-5-10(19)6-9;2*10-7-6-8(14-9(11)13-7)15(3-12-6)4-2-17-5(1-16)18-4;10-9-12-7-6(8(16)13-9)11-3-14(7)4-2-17-5(1-15)18-4;10-9-11-1-5-8(13-9)14(4-12-5)6-3-16-7(2-15)17-6;10-7-3-4-12(9(14)11-7)8-2-1-6(5-13)15-8;9-5-1-2-11(8(13)10-5)6-4-15-7(3-12)14-6;8-3-1-11(6(12)10-5(3)9)4-2-15-7(13)14-4;8-4-1-2-10(6(11)9-4)5-3-14-7(12)13-5/h4-5,7,9-10,19H,6H2,1-3H3;3-5,16H,1-2H2,(H2,11,13,14);3-5,16H,1-2H2,(H4,10,11,13,14);3-5,15H,1-2H2,(H3,10,12,13,16);1,4,6-7,15H,2-3H2,(H2,10,11,13);3-4,6,8,13H,1-2,5H2,(H2,10,11,14);1-2,6-7,12H,3-4H2,(H2,9,10,13);1,4,7,13H,2H2,(H2,9,10,12);1-2,5,7,12H,3H2,(H2,8,9,11). The second-order valence-corrected chi connectivity index (χ2v) is 36.0. The second kappa shape index (κ2) is 49.6. The molecule has 0 spiro atoms. The number of hydrogen-bond acceptors (Lipinski definition) is 57. The van der Waals surface area contributed by atoms with Crippen molar-refractivity contribution in [3.8, 4) is 0 Å². The molecule has 18 unspecified atom stereocenters. The number of nitrogens with two attached hydrogens (primary N) is 9. The predicted molar refractivity (Wildman–Crippen MR) is 525 cm³/mol. The normalized spacial score (nSPS) is 24.6. The van der Waals surface area contributed by atoms with Gasteiger partial charge in [-0.1, -0.05) is 47.3 Å². The Hall–Kier alpha value is -13.8. The third-order valence-electron chi connectivity index (χ3n) is 22.0. The number of nitrogen functional groups attached to an aromatic ring is 9. The summed E-state index contributed by atoms with van der Waals surface area (Å²) in [5, 5.41) is 81.4. The predicted octanol–water partition coefficient (Wildman–Crippen LogP) is -4.55. The van der Waals surface area contributed by atoms with Crippen molar-refractivity contribution in [3.05, 3.63) is 162 Å². The van der Waals surface area contributed by atoms with Gasteiger partial charge in [0.05, 0.1) is 128 Å². The van der Waals surface area contributed by atoms with Crippen LogP contribution in [-0.2, 0) is 56.8 Å². The van der Waals surface area contributed by atoms with E-state index in [1.54, 1.807) is 61.6 Å². The summed E-state index contributed by atoms with van der Waals surface area (Å²) in [6, 6.07) is 4.73. The first kappa shape index (κ1) is 109. The van der Waals surface area contributed by atoms with Crippen molar-refractivity contribution in [2.24, 2.45) is 0 Å². The Morgan fingerprint density at radius 3 is 1.36 bits per heavy atom. The first-order chi connectivity index (χ1) is 71.5. The fraction of sp³-hybridized carbons (Fsp3) is 0.463. The van der Waals surface area contributed by atoms with Crippen LogP contribution < -0.4 is 84.8 Å². The molecule has 23 rings (SSSR count). The van der Waals surface area contributed by atoms with Crippen LogP contribution in [0.1, 0.15) is 81.0 Å². The Balaban J connectivity index is 0.000000126. The van der Waals surface area contributed by atoms with Crippen molar-refractivity contribution in [2.45, 2.75) is 136 Å². The van der Waals surface area contributed by atoms with E-state index in [0.717, 1.165) is 51.8 Å². The van der Waals surface area contributed by atoms with Crippen LogP contribution in [0, 0.1) is 12.7 Å². The minimum absolute atomic E-state index is 0.00636. The molecule has 14 aromatic rings. The number of aliphatic hydroxyl groups is 9. The molecule has 149 heavy (non-hydrogen) atoms. The number of aromatic nitrogens is 28. The van der Waals surface area contributed by atoms with Crippen LogP contribution in [0.4, 0.5) is 63.1 Å². The lowest BCUT2D eigenvalue weighted by atomic mass is 10.2. The summed E-state index contributed by atoms with van der Waals surface area (Å²) >= 11 is 9.73. The molecule has 0 radical (unpaired) electrons. The Morgan fingerprint density at radius 1 is 0.430 bits per heavy atom. The summed E-state index contributed by atoms with van der Waals surface area (Å²) in [6.45, 7) is 2.13. The van der Waals surface area contributed by atoms with E-state index >= 15 is 0 Å². The van der Waals surface area contributed by atoms with E-state index in [2.05, 4.69) is 94.7 Å². The molecule has 0 amide bonds. The number of aromatic amines is 1. The lowest BCUT2D eigenvalue weighted by Crippen LogP contribution is -2.29. The summed E-state index contributed by atoms with van der Waals surface area (Å²) in [5.74, 6) is 2.92. The SMILES string of the molecule is Cc1nc(N(C)C)c2ncn(C3C=CC(O)C3)c2n1.Nc1ccn(C2CCC(CO)O2)c(=O)n1.Nc1ccn(C2CSC(CO)O2)c(=O)n1.Nc1ccn(C2CSC(O)O2)c(=O)n1.Nc1nc(=O)n(C2CSC(O)O2)cc1F.Nc1nc(Cl)c2ncn(C3COC(CO)O3)c2n1.Nc1nc(N)c2ncn(C3COC(CO)O3)c2n1.Nc1nc2c(ncn2C2COC(CO)O2)c(=O)[nH]1.Nc1ncc2ncn(C3COC(CO)O3)c2n1. The molecule has 18 atom stereocenters. The average Bonchev–Trinajstić information content (AvgIpc) is 1.64. The van der Waals surface area contributed by atoms with Gasteiger partial charge >= 0.3 is 22.8 Å². The number of anilines is 10. The van der Waals surface area contributed by atoms with Gasteiger partial charge in [-0.15, -0.1) is 11.8 Å². The maximum atomic E-state index is 13.0. The van der Waals surface area contributed by atoms with Crippen LogP contribution in [0.5, 0.6) is 0 Å². The molecule has 69 heteroatoms. The van der Waals surface area contributed by atoms with Crippen LogP contribution in [0.2, 0.25) is 5.15 Å². The molecule has 8 aliphatic heterocycles. The average molecular weight is 2160 g/mol. The molecule has 0 bridgehead atoms. The molecule has 14 aromatic heterocycles. The number of allylic oxidation sites excluding steroid dienone is 1. The summed E-state index contributed by atoms with van der Waals surface area (Å²) < 4.78 is 90.1.